The molecule has 0 saturated carbocycles. The van der Waals surface area contributed by atoms with Gasteiger partial charge in [0.15, 0.2) is 0 Å². The van der Waals surface area contributed by atoms with Gasteiger partial charge < -0.3 is 14.7 Å². The van der Waals surface area contributed by atoms with Crippen molar-refractivity contribution in [2.24, 2.45) is 0 Å². The summed E-state index contributed by atoms with van der Waals surface area (Å²) in [5.74, 6) is 0. The first kappa shape index (κ1) is 14.8. The van der Waals surface area contributed by atoms with Gasteiger partial charge in [-0.3, -0.25) is 5.10 Å². The molecule has 0 fully saturated rings. The number of ether oxygens (including phenoxy) is 1. The van der Waals surface area contributed by atoms with Gasteiger partial charge in [-0.15, -0.1) is 0 Å². The number of aliphatic hydroxyl groups is 1. The fourth-order valence-electron chi connectivity index (χ4n) is 2.31. The van der Waals surface area contributed by atoms with Gasteiger partial charge in [0.25, 0.3) is 0 Å². The van der Waals surface area contributed by atoms with E-state index in [4.69, 9.17) is 4.74 Å². The number of hydrogen-bond donors (Lipinski definition) is 2. The van der Waals surface area contributed by atoms with Crippen LogP contribution in [-0.4, -0.2) is 38.4 Å². The van der Waals surface area contributed by atoms with Crippen molar-refractivity contribution >= 4 is 6.09 Å². The summed E-state index contributed by atoms with van der Waals surface area (Å²) in [6, 6.07) is 0. The number of carbonyl (C=O) groups excluding carboxylic acids is 1. The summed E-state index contributed by atoms with van der Waals surface area (Å²) in [7, 11) is 0. The highest BCUT2D eigenvalue weighted by Gasteiger charge is 2.32. The highest BCUT2D eigenvalue weighted by Crippen LogP contribution is 2.28. The van der Waals surface area contributed by atoms with E-state index in [9.17, 15) is 9.90 Å². The van der Waals surface area contributed by atoms with Crippen LogP contribution in [-0.2, 0) is 23.3 Å². The van der Waals surface area contributed by atoms with Crippen molar-refractivity contribution in [1.29, 1.82) is 0 Å². The van der Waals surface area contributed by atoms with E-state index in [2.05, 4.69) is 10.2 Å². The predicted octanol–water partition coefficient (Wildman–Crippen LogP) is 1.93. The molecule has 1 amide bonds. The Morgan fingerprint density at radius 1 is 1.35 bits per heavy atom. The molecule has 2 N–H and O–H groups in total. The lowest BCUT2D eigenvalue weighted by Gasteiger charge is -2.30. The Morgan fingerprint density at radius 3 is 2.55 bits per heavy atom. The highest BCUT2D eigenvalue weighted by atomic mass is 16.6. The van der Waals surface area contributed by atoms with Crippen molar-refractivity contribution in [2.75, 3.05) is 6.54 Å². The Morgan fingerprint density at radius 2 is 2.00 bits per heavy atom. The summed E-state index contributed by atoms with van der Waals surface area (Å²) in [5.41, 5.74) is 1.08. The fraction of sp³-hybridized carbons (Fsp3) is 0.714. The smallest absolute Gasteiger partial charge is 0.410 e. The second kappa shape index (κ2) is 4.77. The van der Waals surface area contributed by atoms with Gasteiger partial charge in [-0.25, -0.2) is 4.79 Å². The summed E-state index contributed by atoms with van der Waals surface area (Å²) in [6.07, 6.45) is 0.354. The average Bonchev–Trinajstić information content (AvgIpc) is 2.68. The molecule has 0 spiro atoms. The molecule has 1 aliphatic rings. The van der Waals surface area contributed by atoms with Crippen LogP contribution in [0.2, 0.25) is 0 Å². The van der Waals surface area contributed by atoms with Crippen molar-refractivity contribution in [3.8, 4) is 0 Å². The third-order valence-corrected chi connectivity index (χ3v) is 3.16. The number of fused-ring (bicyclic) bond motifs is 1. The Labute approximate surface area is 119 Å². The molecule has 1 aromatic rings. The number of nitrogens with one attached hydrogen (secondary N) is 1. The molecule has 2 heterocycles. The van der Waals surface area contributed by atoms with E-state index >= 15 is 0 Å². The second-order valence-electron chi connectivity index (χ2n) is 6.74. The van der Waals surface area contributed by atoms with Crippen molar-refractivity contribution in [1.82, 2.24) is 15.1 Å². The molecule has 6 heteroatoms. The van der Waals surface area contributed by atoms with Gasteiger partial charge in [-0.2, -0.15) is 5.10 Å². The van der Waals surface area contributed by atoms with Crippen LogP contribution >= 0.6 is 0 Å². The maximum Gasteiger partial charge on any atom is 0.410 e. The minimum atomic E-state index is -0.974. The molecule has 1 aliphatic heterocycles. The van der Waals surface area contributed by atoms with Gasteiger partial charge in [-0.1, -0.05) is 0 Å². The zero-order chi connectivity index (χ0) is 15.1. The molecule has 0 atom stereocenters. The predicted molar refractivity (Wildman–Crippen MR) is 74.2 cm³/mol. The van der Waals surface area contributed by atoms with Gasteiger partial charge in [-0.05, 0) is 41.0 Å². The Hall–Kier alpha value is -1.56. The van der Waals surface area contributed by atoms with Crippen molar-refractivity contribution in [2.45, 2.75) is 58.8 Å². The molecule has 0 bridgehead atoms. The van der Waals surface area contributed by atoms with Gasteiger partial charge in [0.2, 0.25) is 0 Å². The number of aromatic nitrogens is 2. The highest BCUT2D eigenvalue weighted by molar-refractivity contribution is 5.68. The Bertz CT molecular complexity index is 509. The molecule has 0 unspecified atom stereocenters. The third-order valence-electron chi connectivity index (χ3n) is 3.16. The lowest BCUT2D eigenvalue weighted by molar-refractivity contribution is 0.0220. The van der Waals surface area contributed by atoms with E-state index in [-0.39, 0.29) is 6.09 Å². The van der Waals surface area contributed by atoms with Crippen LogP contribution in [0.3, 0.4) is 0 Å². The topological polar surface area (TPSA) is 78.4 Å². The summed E-state index contributed by atoms with van der Waals surface area (Å²) in [6.45, 7) is 9.99. The summed E-state index contributed by atoms with van der Waals surface area (Å²) < 4.78 is 5.37. The molecule has 2 rings (SSSR count). The van der Waals surface area contributed by atoms with Gasteiger partial charge >= 0.3 is 6.09 Å². The number of rotatable bonds is 1. The van der Waals surface area contributed by atoms with Crippen LogP contribution in [0.5, 0.6) is 0 Å². The van der Waals surface area contributed by atoms with E-state index in [0.717, 1.165) is 11.3 Å². The standard InChI is InChI=1S/C14H23N3O3/c1-13(2,3)20-12(18)17-7-6-9-10(8-17)15-16-11(9)14(4,5)19/h19H,6-8H2,1-5H3,(H,15,16). The SMILES string of the molecule is CC(C)(C)OC(=O)N1CCc2c(C(C)(C)O)n[nH]c2C1. The van der Waals surface area contributed by atoms with Crippen LogP contribution in [0, 0.1) is 0 Å². The number of hydrogen-bond acceptors (Lipinski definition) is 4. The number of amides is 1. The minimum Gasteiger partial charge on any atom is -0.444 e. The average molecular weight is 281 g/mol. The van der Waals surface area contributed by atoms with Crippen LogP contribution < -0.4 is 0 Å². The van der Waals surface area contributed by atoms with Gasteiger partial charge in [0, 0.05) is 12.1 Å². The van der Waals surface area contributed by atoms with E-state index in [1.807, 2.05) is 20.8 Å². The fourth-order valence-corrected chi connectivity index (χ4v) is 2.31. The van der Waals surface area contributed by atoms with Crippen molar-refractivity contribution in [3.05, 3.63) is 17.0 Å². The third kappa shape index (κ3) is 3.12. The lowest BCUT2D eigenvalue weighted by atomic mass is 9.95. The van der Waals surface area contributed by atoms with Crippen molar-refractivity contribution in [3.63, 3.8) is 0 Å². The monoisotopic (exact) mass is 281 g/mol. The molecule has 1 aromatic heterocycles. The summed E-state index contributed by atoms with van der Waals surface area (Å²) in [4.78, 5) is 13.7. The molecule has 0 aliphatic carbocycles. The maximum absolute atomic E-state index is 12.0. The molecule has 112 valence electrons. The van der Waals surface area contributed by atoms with Crippen molar-refractivity contribution < 1.29 is 14.6 Å². The molecular weight excluding hydrogens is 258 g/mol. The van der Waals surface area contributed by atoms with Crippen LogP contribution in [0.4, 0.5) is 4.79 Å². The quantitative estimate of drug-likeness (QED) is 0.824. The molecule has 0 saturated heterocycles. The number of H-pyrrole nitrogens is 1. The first-order chi connectivity index (χ1) is 9.08. The van der Waals surface area contributed by atoms with Gasteiger partial charge in [0.1, 0.15) is 11.2 Å². The molecule has 20 heavy (non-hydrogen) atoms. The van der Waals surface area contributed by atoms with E-state index in [0.29, 0.717) is 25.2 Å². The first-order valence-electron chi connectivity index (χ1n) is 6.85. The Balaban J connectivity index is 2.13. The second-order valence-corrected chi connectivity index (χ2v) is 6.74. The van der Waals surface area contributed by atoms with E-state index in [1.54, 1.807) is 18.7 Å². The lowest BCUT2D eigenvalue weighted by Crippen LogP contribution is -2.40. The molecule has 6 nitrogen and oxygen atoms in total. The molecule has 0 aromatic carbocycles. The van der Waals surface area contributed by atoms with Crippen LogP contribution in [0.25, 0.3) is 0 Å². The zero-order valence-electron chi connectivity index (χ0n) is 12.8. The van der Waals surface area contributed by atoms with Crippen LogP contribution in [0.1, 0.15) is 51.6 Å². The van der Waals surface area contributed by atoms with E-state index < -0.39 is 11.2 Å². The van der Waals surface area contributed by atoms with Gasteiger partial charge in [0.05, 0.1) is 17.9 Å². The number of nitrogens with zero attached hydrogens (tertiary/aromatic N) is 2. The largest absolute Gasteiger partial charge is 0.444 e. The Kier molecular flexibility index (Phi) is 3.54. The molecule has 0 radical (unpaired) electrons. The number of aromatic amines is 1. The molecular formula is C14H23N3O3. The number of carbonyl (C=O) groups is 1. The zero-order valence-corrected chi connectivity index (χ0v) is 12.8. The summed E-state index contributed by atoms with van der Waals surface area (Å²) >= 11 is 0. The van der Waals surface area contributed by atoms with E-state index in [1.165, 1.54) is 0 Å². The first-order valence-corrected chi connectivity index (χ1v) is 6.85. The summed E-state index contributed by atoms with van der Waals surface area (Å²) in [5, 5.41) is 17.2. The maximum atomic E-state index is 12.0. The minimum absolute atomic E-state index is 0.317. The van der Waals surface area contributed by atoms with Crippen LogP contribution in [0.15, 0.2) is 0 Å². The normalized spacial score (nSPS) is 16.0.